The minimum atomic E-state index is -0.717. The summed E-state index contributed by atoms with van der Waals surface area (Å²) in [6.45, 7) is 4.43. The first-order valence-corrected chi connectivity index (χ1v) is 11.1. The molecule has 5 heteroatoms. The normalized spacial score (nSPS) is 13.8. The van der Waals surface area contributed by atoms with E-state index in [9.17, 15) is 4.79 Å². The molecule has 1 rings (SSSR count). The van der Waals surface area contributed by atoms with Crippen molar-refractivity contribution in [2.75, 3.05) is 20.0 Å². The van der Waals surface area contributed by atoms with E-state index in [1.165, 1.54) is 19.3 Å². The Hall–Kier alpha value is -1.30. The monoisotopic (exact) mass is 408 g/mol. The van der Waals surface area contributed by atoms with E-state index in [4.69, 9.17) is 14.2 Å². The standard InChI is InChI=1S/C23H36O4S/c1-5-6-7-8-9-13-17-23(2,28-18-16-21(25-3)26-4)22(24)27-19-20-14-11-10-12-15-20/h10-15,17,21H,5-9,16,18-19H2,1-4H3/b17-13+/t23-/m0/s1. The molecular formula is C23H36O4S. The zero-order valence-electron chi connectivity index (χ0n) is 17.8. The highest BCUT2D eigenvalue weighted by Crippen LogP contribution is 2.30. The first kappa shape index (κ1) is 24.7. The van der Waals surface area contributed by atoms with Crippen LogP contribution in [0.1, 0.15) is 57.9 Å². The summed E-state index contributed by atoms with van der Waals surface area (Å²) in [5.74, 6) is 0.529. The van der Waals surface area contributed by atoms with Gasteiger partial charge in [0, 0.05) is 20.6 Å². The van der Waals surface area contributed by atoms with E-state index in [-0.39, 0.29) is 12.3 Å². The van der Waals surface area contributed by atoms with Crippen LogP contribution in [0, 0.1) is 0 Å². The second kappa shape index (κ2) is 14.7. The first-order valence-electron chi connectivity index (χ1n) is 10.1. The molecule has 0 fully saturated rings. The lowest BCUT2D eigenvalue weighted by atomic mass is 10.1. The Morgan fingerprint density at radius 2 is 1.86 bits per heavy atom. The summed E-state index contributed by atoms with van der Waals surface area (Å²) in [7, 11) is 3.25. The summed E-state index contributed by atoms with van der Waals surface area (Å²) in [6.07, 6.45) is 10.4. The van der Waals surface area contributed by atoms with Gasteiger partial charge in [-0.15, -0.1) is 11.8 Å². The van der Waals surface area contributed by atoms with Gasteiger partial charge in [-0.2, -0.15) is 0 Å². The van der Waals surface area contributed by atoms with Crippen LogP contribution in [0.3, 0.4) is 0 Å². The molecule has 0 spiro atoms. The van der Waals surface area contributed by atoms with E-state index in [2.05, 4.69) is 13.0 Å². The Labute approximate surface area is 175 Å². The average molecular weight is 409 g/mol. The molecule has 0 saturated heterocycles. The number of benzene rings is 1. The van der Waals surface area contributed by atoms with Crippen molar-refractivity contribution in [1.82, 2.24) is 0 Å². The van der Waals surface area contributed by atoms with Gasteiger partial charge in [-0.3, -0.25) is 4.79 Å². The molecule has 0 aliphatic heterocycles. The molecule has 0 aromatic heterocycles. The number of hydrogen-bond donors (Lipinski definition) is 0. The van der Waals surface area contributed by atoms with Crippen molar-refractivity contribution in [3.05, 3.63) is 48.0 Å². The van der Waals surface area contributed by atoms with Gasteiger partial charge < -0.3 is 14.2 Å². The van der Waals surface area contributed by atoms with Crippen LogP contribution in [0.25, 0.3) is 0 Å². The van der Waals surface area contributed by atoms with E-state index in [0.717, 1.165) is 24.2 Å². The van der Waals surface area contributed by atoms with Crippen molar-refractivity contribution in [1.29, 1.82) is 0 Å². The number of thioether (sulfide) groups is 1. The molecule has 4 nitrogen and oxygen atoms in total. The maximum atomic E-state index is 12.9. The Balaban J connectivity index is 2.65. The summed E-state index contributed by atoms with van der Waals surface area (Å²) in [5, 5.41) is 0. The maximum absolute atomic E-state index is 12.9. The fourth-order valence-electron chi connectivity index (χ4n) is 2.74. The molecule has 28 heavy (non-hydrogen) atoms. The fraction of sp³-hybridized carbons (Fsp3) is 0.609. The number of carbonyl (C=O) groups excluding carboxylic acids is 1. The average Bonchev–Trinajstić information content (AvgIpc) is 2.72. The third-order valence-electron chi connectivity index (χ3n) is 4.56. The zero-order valence-corrected chi connectivity index (χ0v) is 18.6. The van der Waals surface area contributed by atoms with E-state index in [0.29, 0.717) is 13.0 Å². The molecule has 1 atom stereocenters. The zero-order chi connectivity index (χ0) is 20.7. The molecule has 0 N–H and O–H groups in total. The van der Waals surface area contributed by atoms with Gasteiger partial charge in [-0.25, -0.2) is 0 Å². The predicted molar refractivity (Wildman–Crippen MR) is 117 cm³/mol. The van der Waals surface area contributed by atoms with Crippen LogP contribution in [-0.2, 0) is 25.6 Å². The number of hydrogen-bond acceptors (Lipinski definition) is 5. The van der Waals surface area contributed by atoms with Gasteiger partial charge in [0.2, 0.25) is 0 Å². The van der Waals surface area contributed by atoms with Crippen LogP contribution >= 0.6 is 11.8 Å². The van der Waals surface area contributed by atoms with E-state index < -0.39 is 4.75 Å². The van der Waals surface area contributed by atoms with Crippen LogP contribution in [0.4, 0.5) is 0 Å². The molecule has 0 aliphatic carbocycles. The minimum absolute atomic E-state index is 0.211. The van der Waals surface area contributed by atoms with Crippen molar-refractivity contribution in [2.24, 2.45) is 0 Å². The van der Waals surface area contributed by atoms with Gasteiger partial charge in [-0.1, -0.05) is 68.7 Å². The summed E-state index contributed by atoms with van der Waals surface area (Å²) < 4.78 is 15.4. The van der Waals surface area contributed by atoms with Gasteiger partial charge in [0.05, 0.1) is 0 Å². The van der Waals surface area contributed by atoms with Crippen LogP contribution in [0.5, 0.6) is 0 Å². The number of rotatable bonds is 15. The van der Waals surface area contributed by atoms with Gasteiger partial charge in [0.1, 0.15) is 11.4 Å². The lowest BCUT2D eigenvalue weighted by Crippen LogP contribution is -2.32. The number of methoxy groups -OCH3 is 2. The van der Waals surface area contributed by atoms with Crippen molar-refractivity contribution in [3.63, 3.8) is 0 Å². The Kier molecular flexibility index (Phi) is 13.0. The number of esters is 1. The quantitative estimate of drug-likeness (QED) is 0.160. The van der Waals surface area contributed by atoms with Gasteiger partial charge in [0.25, 0.3) is 0 Å². The highest BCUT2D eigenvalue weighted by atomic mass is 32.2. The number of carbonyl (C=O) groups is 1. The highest BCUT2D eigenvalue weighted by molar-refractivity contribution is 8.01. The molecule has 158 valence electrons. The molecule has 1 aromatic carbocycles. The molecule has 0 amide bonds. The summed E-state index contributed by atoms with van der Waals surface area (Å²) in [4.78, 5) is 12.9. The Bertz CT molecular complexity index is 557. The van der Waals surface area contributed by atoms with Crippen molar-refractivity contribution >= 4 is 17.7 Å². The molecule has 0 saturated carbocycles. The van der Waals surface area contributed by atoms with Crippen LogP contribution in [0.2, 0.25) is 0 Å². The summed E-state index contributed by atoms with van der Waals surface area (Å²) in [5.41, 5.74) is 0.991. The van der Waals surface area contributed by atoms with Crippen molar-refractivity contribution < 1.29 is 19.0 Å². The fourth-order valence-corrected chi connectivity index (χ4v) is 3.84. The molecule has 0 aliphatic rings. The van der Waals surface area contributed by atoms with Gasteiger partial charge in [0.15, 0.2) is 6.29 Å². The largest absolute Gasteiger partial charge is 0.460 e. The Morgan fingerprint density at radius 1 is 1.14 bits per heavy atom. The van der Waals surface area contributed by atoms with Crippen molar-refractivity contribution in [2.45, 2.75) is 70.0 Å². The van der Waals surface area contributed by atoms with Crippen LogP contribution in [-0.4, -0.2) is 37.0 Å². The predicted octanol–water partition coefficient (Wildman–Crippen LogP) is 5.76. The lowest BCUT2D eigenvalue weighted by molar-refractivity contribution is -0.146. The number of ether oxygens (including phenoxy) is 3. The van der Waals surface area contributed by atoms with Crippen molar-refractivity contribution in [3.8, 4) is 0 Å². The molecule has 0 radical (unpaired) electrons. The summed E-state index contributed by atoms with van der Waals surface area (Å²) >= 11 is 1.57. The SMILES string of the molecule is CCCCCC/C=C/[C@](C)(SCCC(OC)OC)C(=O)OCc1ccccc1. The third kappa shape index (κ3) is 9.76. The van der Waals surface area contributed by atoms with E-state index >= 15 is 0 Å². The second-order valence-corrected chi connectivity index (χ2v) is 8.50. The first-order chi connectivity index (χ1) is 13.6. The molecular weight excluding hydrogens is 372 g/mol. The maximum Gasteiger partial charge on any atom is 0.326 e. The van der Waals surface area contributed by atoms with Crippen LogP contribution < -0.4 is 0 Å². The van der Waals surface area contributed by atoms with Gasteiger partial charge >= 0.3 is 5.97 Å². The topological polar surface area (TPSA) is 44.8 Å². The number of unbranched alkanes of at least 4 members (excludes halogenated alkanes) is 4. The molecule has 0 heterocycles. The minimum Gasteiger partial charge on any atom is -0.460 e. The van der Waals surface area contributed by atoms with E-state index in [1.807, 2.05) is 43.3 Å². The highest BCUT2D eigenvalue weighted by Gasteiger charge is 2.33. The van der Waals surface area contributed by atoms with Gasteiger partial charge in [-0.05, 0) is 31.1 Å². The molecule has 1 aromatic rings. The van der Waals surface area contributed by atoms with Crippen LogP contribution in [0.15, 0.2) is 42.5 Å². The number of allylic oxidation sites excluding steroid dienone is 1. The smallest absolute Gasteiger partial charge is 0.326 e. The van der Waals surface area contributed by atoms with E-state index in [1.54, 1.807) is 26.0 Å². The molecule has 0 unspecified atom stereocenters. The Morgan fingerprint density at radius 3 is 2.50 bits per heavy atom. The second-order valence-electron chi connectivity index (χ2n) is 6.96. The third-order valence-corrected chi connectivity index (χ3v) is 5.90. The molecule has 0 bridgehead atoms. The lowest BCUT2D eigenvalue weighted by Gasteiger charge is -2.24. The summed E-state index contributed by atoms with van der Waals surface area (Å²) in [6, 6.07) is 9.77.